The highest BCUT2D eigenvalue weighted by molar-refractivity contribution is 7.80. The first-order chi connectivity index (χ1) is 15.0. The van der Waals surface area contributed by atoms with Crippen LogP contribution in [-0.2, 0) is 9.59 Å². The number of halogens is 1. The number of carbonyl (C=O) groups excluding carboxylic acids is 2. The number of benzene rings is 3. The number of rotatable bonds is 5. The van der Waals surface area contributed by atoms with Crippen molar-refractivity contribution in [1.29, 1.82) is 0 Å². The lowest BCUT2D eigenvalue weighted by atomic mass is 9.99. The molecule has 1 aliphatic heterocycles. The minimum absolute atomic E-state index is 0.00974. The van der Waals surface area contributed by atoms with Crippen molar-refractivity contribution in [2.24, 2.45) is 0 Å². The molecule has 0 bridgehead atoms. The number of fused-ring (bicyclic) bond motifs is 1. The fourth-order valence-corrected chi connectivity index (χ4v) is 3.73. The van der Waals surface area contributed by atoms with Gasteiger partial charge in [0.25, 0.3) is 11.8 Å². The number of hydrogen-bond donors (Lipinski definition) is 1. The van der Waals surface area contributed by atoms with E-state index in [4.69, 9.17) is 28.6 Å². The molecular formula is C24H17ClN2O3S. The van der Waals surface area contributed by atoms with Gasteiger partial charge in [0.1, 0.15) is 17.9 Å². The van der Waals surface area contributed by atoms with Crippen LogP contribution in [0.4, 0.5) is 5.69 Å². The van der Waals surface area contributed by atoms with Crippen LogP contribution in [0.5, 0.6) is 5.75 Å². The van der Waals surface area contributed by atoms with Crippen LogP contribution in [0.25, 0.3) is 16.8 Å². The molecule has 3 aromatic rings. The second-order valence-electron chi connectivity index (χ2n) is 6.73. The molecule has 0 radical (unpaired) electrons. The van der Waals surface area contributed by atoms with E-state index in [1.54, 1.807) is 36.4 Å². The van der Waals surface area contributed by atoms with Crippen LogP contribution in [-0.4, -0.2) is 23.5 Å². The minimum Gasteiger partial charge on any atom is -0.489 e. The van der Waals surface area contributed by atoms with Gasteiger partial charge in [-0.05, 0) is 59.4 Å². The van der Waals surface area contributed by atoms with Crippen molar-refractivity contribution in [3.05, 3.63) is 89.5 Å². The number of nitrogens with zero attached hydrogens (tertiary/aromatic N) is 1. The third-order valence-electron chi connectivity index (χ3n) is 4.76. The van der Waals surface area contributed by atoms with Gasteiger partial charge in [-0.1, -0.05) is 54.6 Å². The van der Waals surface area contributed by atoms with Gasteiger partial charge in [-0.15, -0.1) is 0 Å². The van der Waals surface area contributed by atoms with E-state index in [2.05, 4.69) is 11.9 Å². The summed E-state index contributed by atoms with van der Waals surface area (Å²) in [5.41, 5.74) is 1.08. The zero-order valence-electron chi connectivity index (χ0n) is 16.3. The van der Waals surface area contributed by atoms with Gasteiger partial charge >= 0.3 is 0 Å². The zero-order chi connectivity index (χ0) is 22.0. The molecular weight excluding hydrogens is 432 g/mol. The van der Waals surface area contributed by atoms with Gasteiger partial charge in [-0.2, -0.15) is 0 Å². The molecule has 7 heteroatoms. The van der Waals surface area contributed by atoms with Crippen LogP contribution >= 0.6 is 23.8 Å². The monoisotopic (exact) mass is 448 g/mol. The average Bonchev–Trinajstić information content (AvgIpc) is 2.76. The molecule has 1 N–H and O–H groups in total. The Labute approximate surface area is 189 Å². The quantitative estimate of drug-likeness (QED) is 0.261. The Balaban J connectivity index is 1.85. The Bertz CT molecular complexity index is 1250. The molecule has 2 amide bonds. The first kappa shape index (κ1) is 20.8. The Morgan fingerprint density at radius 2 is 1.81 bits per heavy atom. The van der Waals surface area contributed by atoms with Gasteiger partial charge in [0.15, 0.2) is 5.11 Å². The molecule has 0 aliphatic carbocycles. The molecule has 1 fully saturated rings. The molecule has 0 unspecified atom stereocenters. The second-order valence-corrected chi connectivity index (χ2v) is 7.56. The van der Waals surface area contributed by atoms with Crippen LogP contribution in [0.15, 0.2) is 78.9 Å². The van der Waals surface area contributed by atoms with Crippen molar-refractivity contribution in [1.82, 2.24) is 5.32 Å². The third-order valence-corrected chi connectivity index (χ3v) is 5.30. The van der Waals surface area contributed by atoms with Crippen LogP contribution in [0.2, 0.25) is 5.02 Å². The van der Waals surface area contributed by atoms with Gasteiger partial charge in [0.05, 0.1) is 5.69 Å². The van der Waals surface area contributed by atoms with Gasteiger partial charge in [0, 0.05) is 10.6 Å². The molecule has 3 aromatic carbocycles. The Hall–Kier alpha value is -3.48. The van der Waals surface area contributed by atoms with Crippen molar-refractivity contribution < 1.29 is 14.3 Å². The second kappa shape index (κ2) is 8.71. The van der Waals surface area contributed by atoms with Crippen LogP contribution in [0, 0.1) is 0 Å². The predicted molar refractivity (Wildman–Crippen MR) is 127 cm³/mol. The Kier molecular flexibility index (Phi) is 5.84. The smallest absolute Gasteiger partial charge is 0.270 e. The minimum atomic E-state index is -0.567. The summed E-state index contributed by atoms with van der Waals surface area (Å²) >= 11 is 11.2. The maximum Gasteiger partial charge on any atom is 0.270 e. The lowest BCUT2D eigenvalue weighted by molar-refractivity contribution is -0.122. The summed E-state index contributed by atoms with van der Waals surface area (Å²) < 4.78 is 5.79. The standard InChI is InChI=1S/C24H17ClN2O3S/c1-2-13-30-21-12-7-15-5-3-4-6-18(15)19(21)14-20-22(28)26-24(31)27(23(20)29)17-10-8-16(25)9-11-17/h2-12,14H,1,13H2,(H,26,28,31). The summed E-state index contributed by atoms with van der Waals surface area (Å²) in [6, 6.07) is 18.0. The summed E-state index contributed by atoms with van der Waals surface area (Å²) in [4.78, 5) is 27.3. The summed E-state index contributed by atoms with van der Waals surface area (Å²) in [5.74, 6) is -0.556. The molecule has 0 atom stereocenters. The maximum absolute atomic E-state index is 13.3. The number of carbonyl (C=O) groups is 2. The number of amides is 2. The fourth-order valence-electron chi connectivity index (χ4n) is 3.33. The van der Waals surface area contributed by atoms with E-state index in [9.17, 15) is 9.59 Å². The number of anilines is 1. The molecule has 0 saturated carbocycles. The summed E-state index contributed by atoms with van der Waals surface area (Å²) in [5, 5.41) is 4.93. The first-order valence-corrected chi connectivity index (χ1v) is 10.2. The molecule has 1 aliphatic rings. The van der Waals surface area contributed by atoms with E-state index in [0.29, 0.717) is 22.0 Å². The van der Waals surface area contributed by atoms with E-state index in [1.807, 2.05) is 36.4 Å². The highest BCUT2D eigenvalue weighted by Crippen LogP contribution is 2.32. The van der Waals surface area contributed by atoms with Crippen LogP contribution in [0.3, 0.4) is 0 Å². The molecule has 0 aromatic heterocycles. The van der Waals surface area contributed by atoms with Crippen molar-refractivity contribution in [3.8, 4) is 5.75 Å². The summed E-state index contributed by atoms with van der Waals surface area (Å²) in [6.07, 6.45) is 3.18. The number of thiocarbonyl (C=S) groups is 1. The normalized spacial score (nSPS) is 15.3. The van der Waals surface area contributed by atoms with Crippen molar-refractivity contribution in [2.75, 3.05) is 11.5 Å². The Morgan fingerprint density at radius 1 is 1.06 bits per heavy atom. The van der Waals surface area contributed by atoms with Crippen molar-refractivity contribution in [3.63, 3.8) is 0 Å². The molecule has 1 heterocycles. The molecule has 1 saturated heterocycles. The maximum atomic E-state index is 13.3. The number of ether oxygens (including phenoxy) is 1. The van der Waals surface area contributed by atoms with Crippen molar-refractivity contribution in [2.45, 2.75) is 0 Å². The highest BCUT2D eigenvalue weighted by Gasteiger charge is 2.34. The van der Waals surface area contributed by atoms with E-state index in [-0.39, 0.29) is 17.3 Å². The molecule has 4 rings (SSSR count). The van der Waals surface area contributed by atoms with Crippen LogP contribution in [0.1, 0.15) is 5.56 Å². The van der Waals surface area contributed by atoms with E-state index in [1.165, 1.54) is 4.90 Å². The van der Waals surface area contributed by atoms with E-state index < -0.39 is 11.8 Å². The van der Waals surface area contributed by atoms with Gasteiger partial charge < -0.3 is 4.74 Å². The average molecular weight is 449 g/mol. The van der Waals surface area contributed by atoms with Gasteiger partial charge in [-0.25, -0.2) is 0 Å². The van der Waals surface area contributed by atoms with E-state index in [0.717, 1.165) is 10.8 Å². The lowest BCUT2D eigenvalue weighted by Gasteiger charge is -2.29. The number of hydrogen-bond acceptors (Lipinski definition) is 4. The molecule has 0 spiro atoms. The van der Waals surface area contributed by atoms with Crippen molar-refractivity contribution >= 4 is 63.3 Å². The zero-order valence-corrected chi connectivity index (χ0v) is 17.9. The fraction of sp³-hybridized carbons (Fsp3) is 0.0417. The topological polar surface area (TPSA) is 58.6 Å². The van der Waals surface area contributed by atoms with E-state index >= 15 is 0 Å². The lowest BCUT2D eigenvalue weighted by Crippen LogP contribution is -2.54. The third kappa shape index (κ3) is 4.08. The number of nitrogens with one attached hydrogen (secondary N) is 1. The summed E-state index contributed by atoms with van der Waals surface area (Å²) in [6.45, 7) is 3.96. The SMILES string of the molecule is C=CCOc1ccc2ccccc2c1C=C1C(=O)NC(=S)N(c2ccc(Cl)cc2)C1=O. The van der Waals surface area contributed by atoms with Crippen LogP contribution < -0.4 is 15.0 Å². The molecule has 5 nitrogen and oxygen atoms in total. The van der Waals surface area contributed by atoms with Gasteiger partial charge in [0.2, 0.25) is 0 Å². The van der Waals surface area contributed by atoms with Gasteiger partial charge in [-0.3, -0.25) is 19.8 Å². The Morgan fingerprint density at radius 3 is 2.55 bits per heavy atom. The first-order valence-electron chi connectivity index (χ1n) is 9.42. The molecule has 154 valence electrons. The highest BCUT2D eigenvalue weighted by atomic mass is 35.5. The largest absolute Gasteiger partial charge is 0.489 e. The molecule has 31 heavy (non-hydrogen) atoms. The summed E-state index contributed by atoms with van der Waals surface area (Å²) in [7, 11) is 0. The predicted octanol–water partition coefficient (Wildman–Crippen LogP) is 4.89.